The van der Waals surface area contributed by atoms with Crippen molar-refractivity contribution in [3.63, 3.8) is 0 Å². The topological polar surface area (TPSA) is 96.5 Å². The Morgan fingerprint density at radius 2 is 1.81 bits per heavy atom. The van der Waals surface area contributed by atoms with Gasteiger partial charge in [-0.3, -0.25) is 25.2 Å². The van der Waals surface area contributed by atoms with Crippen LogP contribution in [-0.4, -0.2) is 30.9 Å². The molecule has 3 N–H and O–H groups in total. The number of benzene rings is 1. The van der Waals surface area contributed by atoms with E-state index >= 15 is 0 Å². The Hall–Kier alpha value is -2.09. The molecule has 2 rings (SSSR count). The first-order valence-electron chi connectivity index (χ1n) is 8.70. The number of rotatable bonds is 6. The van der Waals surface area contributed by atoms with Crippen LogP contribution in [0.1, 0.15) is 37.7 Å². The first-order chi connectivity index (χ1) is 12.5. The molecule has 1 aromatic rings. The van der Waals surface area contributed by atoms with Gasteiger partial charge < -0.3 is 10.1 Å². The van der Waals surface area contributed by atoms with Crippen molar-refractivity contribution in [2.24, 2.45) is 5.92 Å². The second-order valence-electron chi connectivity index (χ2n) is 6.35. The maximum atomic E-state index is 12.0. The Labute approximate surface area is 161 Å². The summed E-state index contributed by atoms with van der Waals surface area (Å²) in [6.07, 6.45) is 5.02. The summed E-state index contributed by atoms with van der Waals surface area (Å²) >= 11 is 3.35. The number of carbonyl (C=O) groups is 3. The number of halogens is 1. The molecule has 0 spiro atoms. The maximum absolute atomic E-state index is 12.0. The molecule has 8 heteroatoms. The van der Waals surface area contributed by atoms with Crippen molar-refractivity contribution in [3.8, 4) is 5.75 Å². The first kappa shape index (κ1) is 20.2. The smallest absolute Gasteiger partial charge is 0.276 e. The molecule has 0 unspecified atom stereocenters. The largest absolute Gasteiger partial charge is 0.483 e. The minimum atomic E-state index is -0.487. The molecule has 0 heterocycles. The van der Waals surface area contributed by atoms with Crippen LogP contribution in [0.25, 0.3) is 0 Å². The lowest BCUT2D eigenvalue weighted by Gasteiger charge is -2.20. The number of aryl methyl sites for hydroxylation is 1. The highest BCUT2D eigenvalue weighted by molar-refractivity contribution is 9.10. The standard InChI is InChI=1S/C18H24BrN3O4/c1-12-9-14(19)7-8-15(12)26-11-17(24)22-21-16(23)10-20-18(25)13-5-3-2-4-6-13/h7-9,13H,2-6,10-11H2,1H3,(H,20,25)(H,21,23)(H,22,24). The summed E-state index contributed by atoms with van der Waals surface area (Å²) in [5, 5.41) is 2.61. The van der Waals surface area contributed by atoms with Crippen LogP contribution in [0.15, 0.2) is 22.7 Å². The highest BCUT2D eigenvalue weighted by Crippen LogP contribution is 2.23. The van der Waals surface area contributed by atoms with Gasteiger partial charge in [-0.15, -0.1) is 0 Å². The van der Waals surface area contributed by atoms with Gasteiger partial charge in [-0.05, 0) is 43.5 Å². The Balaban J connectivity index is 1.63. The van der Waals surface area contributed by atoms with Crippen LogP contribution in [0.5, 0.6) is 5.75 Å². The second-order valence-corrected chi connectivity index (χ2v) is 7.26. The fourth-order valence-corrected chi connectivity index (χ4v) is 3.29. The second kappa shape index (κ2) is 10.2. The van der Waals surface area contributed by atoms with E-state index in [0.717, 1.165) is 42.1 Å². The monoisotopic (exact) mass is 425 g/mol. The van der Waals surface area contributed by atoms with Crippen molar-refractivity contribution in [1.29, 1.82) is 0 Å². The highest BCUT2D eigenvalue weighted by atomic mass is 79.9. The summed E-state index contributed by atoms with van der Waals surface area (Å²) in [5.74, 6) is -0.482. The van der Waals surface area contributed by atoms with Crippen molar-refractivity contribution >= 4 is 33.7 Å². The van der Waals surface area contributed by atoms with E-state index < -0.39 is 11.8 Å². The molecule has 0 radical (unpaired) electrons. The molecule has 1 aromatic carbocycles. The molecule has 7 nitrogen and oxygen atoms in total. The predicted octanol–water partition coefficient (Wildman–Crippen LogP) is 1.98. The number of ether oxygens (including phenoxy) is 1. The molecular formula is C18H24BrN3O4. The molecule has 3 amide bonds. The van der Waals surface area contributed by atoms with Gasteiger partial charge in [0, 0.05) is 10.4 Å². The first-order valence-corrected chi connectivity index (χ1v) is 9.49. The summed E-state index contributed by atoms with van der Waals surface area (Å²) in [6, 6.07) is 5.45. The molecule has 0 bridgehead atoms. The number of hydrogen-bond donors (Lipinski definition) is 3. The average molecular weight is 426 g/mol. The van der Waals surface area contributed by atoms with Crippen molar-refractivity contribution in [2.45, 2.75) is 39.0 Å². The summed E-state index contributed by atoms with van der Waals surface area (Å²) in [4.78, 5) is 35.4. The lowest BCUT2D eigenvalue weighted by molar-refractivity contribution is -0.131. The van der Waals surface area contributed by atoms with Crippen molar-refractivity contribution < 1.29 is 19.1 Å². The fourth-order valence-electron chi connectivity index (χ4n) is 2.81. The van der Waals surface area contributed by atoms with Gasteiger partial charge in [0.15, 0.2) is 6.61 Å². The summed E-state index contributed by atoms with van der Waals surface area (Å²) in [6.45, 7) is 1.48. The van der Waals surface area contributed by atoms with Crippen molar-refractivity contribution in [1.82, 2.24) is 16.2 Å². The van der Waals surface area contributed by atoms with Crippen LogP contribution >= 0.6 is 15.9 Å². The molecule has 0 saturated heterocycles. The number of amides is 3. The lowest BCUT2D eigenvalue weighted by Crippen LogP contribution is -2.48. The van der Waals surface area contributed by atoms with E-state index in [9.17, 15) is 14.4 Å². The molecule has 1 fully saturated rings. The van der Waals surface area contributed by atoms with E-state index in [1.165, 1.54) is 0 Å². The fraction of sp³-hybridized carbons (Fsp3) is 0.500. The normalized spacial score (nSPS) is 14.4. The Bertz CT molecular complexity index is 660. The molecule has 26 heavy (non-hydrogen) atoms. The maximum Gasteiger partial charge on any atom is 0.276 e. The van der Waals surface area contributed by atoms with Crippen LogP contribution in [0.2, 0.25) is 0 Å². The quantitative estimate of drug-likeness (QED) is 0.607. The van der Waals surface area contributed by atoms with E-state index in [4.69, 9.17) is 4.74 Å². The van der Waals surface area contributed by atoms with Gasteiger partial charge in [0.1, 0.15) is 5.75 Å². The minimum Gasteiger partial charge on any atom is -0.483 e. The van der Waals surface area contributed by atoms with E-state index in [1.807, 2.05) is 19.1 Å². The Morgan fingerprint density at radius 1 is 1.12 bits per heavy atom. The SMILES string of the molecule is Cc1cc(Br)ccc1OCC(=O)NNC(=O)CNC(=O)C1CCCCC1. The molecule has 0 atom stereocenters. The summed E-state index contributed by atoms with van der Waals surface area (Å²) in [7, 11) is 0. The van der Waals surface area contributed by atoms with E-state index in [1.54, 1.807) is 6.07 Å². The van der Waals surface area contributed by atoms with Crippen molar-refractivity contribution in [2.75, 3.05) is 13.2 Å². The van der Waals surface area contributed by atoms with Gasteiger partial charge in [0.25, 0.3) is 11.8 Å². The van der Waals surface area contributed by atoms with Gasteiger partial charge in [-0.1, -0.05) is 35.2 Å². The number of nitrogens with one attached hydrogen (secondary N) is 3. The van der Waals surface area contributed by atoms with E-state index in [2.05, 4.69) is 32.1 Å². The zero-order valence-electron chi connectivity index (χ0n) is 14.8. The number of hydrogen-bond acceptors (Lipinski definition) is 4. The summed E-state index contributed by atoms with van der Waals surface area (Å²) in [5.41, 5.74) is 5.41. The van der Waals surface area contributed by atoms with E-state index in [0.29, 0.717) is 5.75 Å². The van der Waals surface area contributed by atoms with Crippen LogP contribution in [-0.2, 0) is 14.4 Å². The zero-order valence-corrected chi connectivity index (χ0v) is 16.4. The Kier molecular flexibility index (Phi) is 7.90. The van der Waals surface area contributed by atoms with Gasteiger partial charge in [0.05, 0.1) is 6.54 Å². The molecule has 1 aliphatic carbocycles. The third kappa shape index (κ3) is 6.67. The zero-order chi connectivity index (χ0) is 18.9. The number of hydrazine groups is 1. The highest BCUT2D eigenvalue weighted by Gasteiger charge is 2.21. The van der Waals surface area contributed by atoms with Gasteiger partial charge in [-0.25, -0.2) is 0 Å². The van der Waals surface area contributed by atoms with E-state index in [-0.39, 0.29) is 25.0 Å². The lowest BCUT2D eigenvalue weighted by atomic mass is 9.89. The molecular weight excluding hydrogens is 402 g/mol. The van der Waals surface area contributed by atoms with Crippen LogP contribution in [0, 0.1) is 12.8 Å². The third-order valence-corrected chi connectivity index (χ3v) is 4.73. The average Bonchev–Trinajstić information content (AvgIpc) is 2.64. The predicted molar refractivity (Wildman–Crippen MR) is 100 cm³/mol. The van der Waals surface area contributed by atoms with Crippen LogP contribution in [0.3, 0.4) is 0 Å². The number of carbonyl (C=O) groups excluding carboxylic acids is 3. The van der Waals surface area contributed by atoms with Crippen LogP contribution in [0.4, 0.5) is 0 Å². The molecule has 142 valence electrons. The van der Waals surface area contributed by atoms with Gasteiger partial charge in [-0.2, -0.15) is 0 Å². The van der Waals surface area contributed by atoms with Gasteiger partial charge >= 0.3 is 0 Å². The molecule has 1 aliphatic rings. The van der Waals surface area contributed by atoms with Gasteiger partial charge in [0.2, 0.25) is 5.91 Å². The molecule has 0 aromatic heterocycles. The minimum absolute atomic E-state index is 0.00584. The van der Waals surface area contributed by atoms with Crippen molar-refractivity contribution in [3.05, 3.63) is 28.2 Å². The third-order valence-electron chi connectivity index (χ3n) is 4.24. The van der Waals surface area contributed by atoms with Crippen LogP contribution < -0.4 is 20.9 Å². The molecule has 1 saturated carbocycles. The Morgan fingerprint density at radius 3 is 2.50 bits per heavy atom. The summed E-state index contributed by atoms with van der Waals surface area (Å²) < 4.78 is 6.33. The molecule has 0 aliphatic heterocycles.